The molecule has 10 heteroatoms. The van der Waals surface area contributed by atoms with Crippen molar-refractivity contribution >= 4 is 5.91 Å². The van der Waals surface area contributed by atoms with Crippen molar-refractivity contribution in [2.24, 2.45) is 0 Å². The number of aromatic nitrogens is 3. The average Bonchev–Trinajstić information content (AvgIpc) is 2.79. The molecule has 3 aromatic rings. The van der Waals surface area contributed by atoms with Crippen LogP contribution in [0.1, 0.15) is 22.5 Å². The van der Waals surface area contributed by atoms with E-state index in [1.54, 1.807) is 12.4 Å². The predicted molar refractivity (Wildman–Crippen MR) is 108 cm³/mol. The molecule has 2 aromatic heterocycles. The fraction of sp³-hybridized carbons (Fsp3) is 0.273. The maximum absolute atomic E-state index is 12.6. The summed E-state index contributed by atoms with van der Waals surface area (Å²) in [6.07, 6.45) is 0.900. The Labute approximate surface area is 181 Å². The molecule has 0 spiro atoms. The van der Waals surface area contributed by atoms with Gasteiger partial charge in [0.1, 0.15) is 18.1 Å². The molecule has 32 heavy (non-hydrogen) atoms. The smallest absolute Gasteiger partial charge is 0.392 e. The highest BCUT2D eigenvalue weighted by atomic mass is 19.4. The monoisotopic (exact) mass is 444 g/mol. The molecule has 0 aliphatic carbocycles. The van der Waals surface area contributed by atoms with E-state index in [1.807, 2.05) is 30.3 Å². The molecular formula is C22H19F3N4O3. The number of hydrogen-bond acceptors (Lipinski definition) is 6. The number of nitrogens with one attached hydrogen (secondary N) is 1. The Morgan fingerprint density at radius 3 is 2.75 bits per heavy atom. The second-order valence-electron chi connectivity index (χ2n) is 7.16. The molecule has 1 aromatic carbocycles. The lowest BCUT2D eigenvalue weighted by Crippen LogP contribution is -2.43. The number of amides is 1. The fourth-order valence-corrected chi connectivity index (χ4v) is 3.33. The first-order valence-corrected chi connectivity index (χ1v) is 9.86. The third kappa shape index (κ3) is 5.32. The molecule has 1 N–H and O–H groups in total. The second kappa shape index (κ2) is 9.21. The highest BCUT2D eigenvalue weighted by Crippen LogP contribution is 2.34. The number of nitrogens with zero attached hydrogens (tertiary/aromatic N) is 3. The zero-order chi connectivity index (χ0) is 22.6. The van der Waals surface area contributed by atoms with Crippen LogP contribution in [0.2, 0.25) is 0 Å². The normalized spacial score (nSPS) is 15.4. The minimum atomic E-state index is -4.31. The molecule has 0 saturated carbocycles. The summed E-state index contributed by atoms with van der Waals surface area (Å²) in [6, 6.07) is 9.29. The average molecular weight is 444 g/mol. The first-order chi connectivity index (χ1) is 15.4. The van der Waals surface area contributed by atoms with Crippen LogP contribution in [0.4, 0.5) is 13.2 Å². The van der Waals surface area contributed by atoms with Crippen molar-refractivity contribution in [2.75, 3.05) is 13.2 Å². The van der Waals surface area contributed by atoms with Gasteiger partial charge in [-0.25, -0.2) is 9.97 Å². The first-order valence-electron chi connectivity index (χ1n) is 9.86. The Balaban J connectivity index is 1.39. The molecule has 1 amide bonds. The van der Waals surface area contributed by atoms with Crippen LogP contribution >= 0.6 is 0 Å². The van der Waals surface area contributed by atoms with Crippen LogP contribution < -0.4 is 14.8 Å². The molecule has 1 atom stereocenters. The quantitative estimate of drug-likeness (QED) is 0.625. The number of alkyl halides is 3. The molecule has 1 aliphatic heterocycles. The maximum atomic E-state index is 12.6. The number of carbonyl (C=O) groups excluding carboxylic acids is 1. The molecule has 7 nitrogen and oxygen atoms in total. The van der Waals surface area contributed by atoms with E-state index in [0.717, 1.165) is 34.8 Å². The third-order valence-corrected chi connectivity index (χ3v) is 4.83. The molecule has 3 heterocycles. The van der Waals surface area contributed by atoms with Crippen LogP contribution in [-0.4, -0.2) is 46.3 Å². The summed E-state index contributed by atoms with van der Waals surface area (Å²) in [5.41, 5.74) is 2.93. The number of halogens is 3. The summed E-state index contributed by atoms with van der Waals surface area (Å²) in [6.45, 7) is -0.275. The topological polar surface area (TPSA) is 86.2 Å². The summed E-state index contributed by atoms with van der Waals surface area (Å²) < 4.78 is 47.3. The SMILES string of the molecule is O=C(N[C@@H]1COc2cccc(-c3cccnc3)c2C1)c1cnc(OCCC(F)(F)F)cn1. The van der Waals surface area contributed by atoms with Gasteiger partial charge in [-0.2, -0.15) is 13.2 Å². The molecule has 0 saturated heterocycles. The van der Waals surface area contributed by atoms with Crippen molar-refractivity contribution in [3.05, 3.63) is 66.4 Å². The standard InChI is InChI=1S/C22H19F3N4O3/c23-22(24,25)6-8-31-20-12-27-18(11-28-20)21(30)29-15-9-17-16(14-3-2-7-26-10-14)4-1-5-19(17)32-13-15/h1-5,7,10-12,15H,6,8-9,13H2,(H,29,30)/t15-/m0/s1. The Morgan fingerprint density at radius 2 is 2.03 bits per heavy atom. The van der Waals surface area contributed by atoms with Gasteiger partial charge in [-0.1, -0.05) is 18.2 Å². The Bertz CT molecular complexity index is 1080. The molecule has 0 bridgehead atoms. The van der Waals surface area contributed by atoms with Gasteiger partial charge in [0.05, 0.1) is 31.5 Å². The molecule has 0 unspecified atom stereocenters. The van der Waals surface area contributed by atoms with Gasteiger partial charge in [0.2, 0.25) is 5.88 Å². The Hall–Kier alpha value is -3.69. The lowest BCUT2D eigenvalue weighted by Gasteiger charge is -2.27. The highest BCUT2D eigenvalue weighted by molar-refractivity contribution is 5.92. The van der Waals surface area contributed by atoms with Crippen LogP contribution in [0.25, 0.3) is 11.1 Å². The second-order valence-corrected chi connectivity index (χ2v) is 7.16. The maximum Gasteiger partial charge on any atom is 0.392 e. The van der Waals surface area contributed by atoms with Crippen molar-refractivity contribution in [3.63, 3.8) is 0 Å². The van der Waals surface area contributed by atoms with E-state index in [1.165, 1.54) is 0 Å². The van der Waals surface area contributed by atoms with E-state index in [2.05, 4.69) is 20.3 Å². The van der Waals surface area contributed by atoms with Crippen molar-refractivity contribution in [2.45, 2.75) is 25.1 Å². The van der Waals surface area contributed by atoms with Gasteiger partial charge in [-0.15, -0.1) is 0 Å². The van der Waals surface area contributed by atoms with Gasteiger partial charge in [0.25, 0.3) is 5.91 Å². The van der Waals surface area contributed by atoms with E-state index in [-0.39, 0.29) is 17.6 Å². The minimum Gasteiger partial charge on any atom is -0.491 e. The van der Waals surface area contributed by atoms with E-state index in [4.69, 9.17) is 9.47 Å². The van der Waals surface area contributed by atoms with E-state index >= 15 is 0 Å². The molecule has 0 fully saturated rings. The fourth-order valence-electron chi connectivity index (χ4n) is 3.33. The highest BCUT2D eigenvalue weighted by Gasteiger charge is 2.27. The van der Waals surface area contributed by atoms with Crippen LogP contribution in [0.5, 0.6) is 11.6 Å². The summed E-state index contributed by atoms with van der Waals surface area (Å²) >= 11 is 0. The number of hydrogen-bond donors (Lipinski definition) is 1. The van der Waals surface area contributed by atoms with Crippen LogP contribution in [0, 0.1) is 0 Å². The van der Waals surface area contributed by atoms with Crippen LogP contribution in [0.15, 0.2) is 55.1 Å². The zero-order valence-electron chi connectivity index (χ0n) is 16.8. The van der Waals surface area contributed by atoms with Gasteiger partial charge in [-0.05, 0) is 17.7 Å². The van der Waals surface area contributed by atoms with E-state index < -0.39 is 25.1 Å². The largest absolute Gasteiger partial charge is 0.491 e. The summed E-state index contributed by atoms with van der Waals surface area (Å²) in [5.74, 6) is 0.217. The lowest BCUT2D eigenvalue weighted by molar-refractivity contribution is -0.139. The van der Waals surface area contributed by atoms with Crippen molar-refractivity contribution in [1.29, 1.82) is 0 Å². The number of pyridine rings is 1. The van der Waals surface area contributed by atoms with Gasteiger partial charge >= 0.3 is 6.18 Å². The molecule has 4 rings (SSSR count). The van der Waals surface area contributed by atoms with Gasteiger partial charge in [0, 0.05) is 29.9 Å². The number of rotatable bonds is 6. The van der Waals surface area contributed by atoms with E-state index in [9.17, 15) is 18.0 Å². The first kappa shape index (κ1) is 21.5. The summed E-state index contributed by atoms with van der Waals surface area (Å²) in [5, 5.41) is 2.87. The van der Waals surface area contributed by atoms with Crippen molar-refractivity contribution < 1.29 is 27.4 Å². The Morgan fingerprint density at radius 1 is 1.16 bits per heavy atom. The molecule has 0 radical (unpaired) electrons. The molecule has 1 aliphatic rings. The van der Waals surface area contributed by atoms with Crippen molar-refractivity contribution in [3.8, 4) is 22.8 Å². The number of benzene rings is 1. The lowest BCUT2D eigenvalue weighted by atomic mass is 9.93. The molecule has 166 valence electrons. The zero-order valence-corrected chi connectivity index (χ0v) is 16.8. The summed E-state index contributed by atoms with van der Waals surface area (Å²) in [7, 11) is 0. The number of carbonyl (C=O) groups is 1. The van der Waals surface area contributed by atoms with Crippen LogP contribution in [0.3, 0.4) is 0 Å². The number of ether oxygens (including phenoxy) is 2. The number of fused-ring (bicyclic) bond motifs is 1. The van der Waals surface area contributed by atoms with Gasteiger partial charge in [0.15, 0.2) is 0 Å². The van der Waals surface area contributed by atoms with Gasteiger partial charge in [-0.3, -0.25) is 9.78 Å². The summed E-state index contributed by atoms with van der Waals surface area (Å²) in [4.78, 5) is 24.5. The van der Waals surface area contributed by atoms with Crippen LogP contribution in [-0.2, 0) is 6.42 Å². The predicted octanol–water partition coefficient (Wildman–Crippen LogP) is 3.60. The van der Waals surface area contributed by atoms with Gasteiger partial charge < -0.3 is 14.8 Å². The minimum absolute atomic E-state index is 0.0273. The Kier molecular flexibility index (Phi) is 6.20. The van der Waals surface area contributed by atoms with Crippen molar-refractivity contribution in [1.82, 2.24) is 20.3 Å². The van der Waals surface area contributed by atoms with E-state index in [0.29, 0.717) is 13.0 Å². The third-order valence-electron chi connectivity index (χ3n) is 4.83. The molecular weight excluding hydrogens is 425 g/mol.